The lowest BCUT2D eigenvalue weighted by atomic mass is 10.1. The molecule has 0 unspecified atom stereocenters. The Morgan fingerprint density at radius 2 is 1.07 bits per heavy atom. The standard InChI is InChI=1S/2C12H12N2/c1-7-3-9-5-12-10(4-8(2)14-12)6-11(9)13-7;1-7-3-9-5-10-4-8(2)14-12(10)6-11(9)13-7/h3-6,13-14H,1-2H3;3,5-6,13H,4H2,1-2H3. The van der Waals surface area contributed by atoms with E-state index in [9.17, 15) is 0 Å². The predicted molar refractivity (Wildman–Crippen MR) is 119 cm³/mol. The highest BCUT2D eigenvalue weighted by molar-refractivity contribution is 5.97. The van der Waals surface area contributed by atoms with Gasteiger partial charge in [-0.1, -0.05) is 0 Å². The van der Waals surface area contributed by atoms with Gasteiger partial charge in [0.2, 0.25) is 0 Å². The number of hydrogen-bond donors (Lipinski definition) is 3. The van der Waals surface area contributed by atoms with E-state index in [0.717, 1.165) is 12.1 Å². The maximum atomic E-state index is 4.51. The Kier molecular flexibility index (Phi) is 3.69. The molecule has 4 heterocycles. The Hall–Kier alpha value is -3.27. The average Bonchev–Trinajstić information content (AvgIpc) is 3.33. The minimum absolute atomic E-state index is 1.01. The van der Waals surface area contributed by atoms with E-state index in [1.165, 1.54) is 61.1 Å². The highest BCUT2D eigenvalue weighted by Gasteiger charge is 2.12. The van der Waals surface area contributed by atoms with Gasteiger partial charge in [0.15, 0.2) is 0 Å². The van der Waals surface area contributed by atoms with Gasteiger partial charge >= 0.3 is 0 Å². The second-order valence-electron chi connectivity index (χ2n) is 7.98. The highest BCUT2D eigenvalue weighted by Crippen LogP contribution is 2.31. The Morgan fingerprint density at radius 1 is 0.607 bits per heavy atom. The van der Waals surface area contributed by atoms with Gasteiger partial charge < -0.3 is 15.0 Å². The van der Waals surface area contributed by atoms with Crippen LogP contribution in [0.5, 0.6) is 0 Å². The van der Waals surface area contributed by atoms with Crippen molar-refractivity contribution in [2.75, 3.05) is 0 Å². The molecule has 1 aliphatic heterocycles. The lowest BCUT2D eigenvalue weighted by Crippen LogP contribution is -1.88. The van der Waals surface area contributed by atoms with Crippen molar-refractivity contribution in [2.45, 2.75) is 34.1 Å². The quantitative estimate of drug-likeness (QED) is 0.284. The number of aromatic nitrogens is 3. The fourth-order valence-electron chi connectivity index (χ4n) is 4.18. The first kappa shape index (κ1) is 16.9. The molecule has 3 aromatic heterocycles. The van der Waals surface area contributed by atoms with Crippen LogP contribution in [0, 0.1) is 20.8 Å². The van der Waals surface area contributed by atoms with Gasteiger partial charge in [-0.05, 0) is 75.7 Å². The van der Waals surface area contributed by atoms with Gasteiger partial charge in [0.05, 0.1) is 5.69 Å². The third kappa shape index (κ3) is 2.91. The van der Waals surface area contributed by atoms with Gasteiger partial charge in [0.25, 0.3) is 0 Å². The Balaban J connectivity index is 0.000000122. The lowest BCUT2D eigenvalue weighted by Gasteiger charge is -1.96. The third-order valence-electron chi connectivity index (χ3n) is 5.34. The van der Waals surface area contributed by atoms with Crippen LogP contribution in [0.1, 0.15) is 29.6 Å². The molecule has 0 fully saturated rings. The van der Waals surface area contributed by atoms with Crippen molar-refractivity contribution in [3.05, 3.63) is 65.1 Å². The molecular formula is C24H24N4. The van der Waals surface area contributed by atoms with E-state index in [4.69, 9.17) is 0 Å². The van der Waals surface area contributed by atoms with E-state index in [1.54, 1.807) is 0 Å². The van der Waals surface area contributed by atoms with Gasteiger partial charge in [-0.2, -0.15) is 0 Å². The number of aliphatic imine (C=N–C) groups is 1. The first-order chi connectivity index (χ1) is 13.4. The molecule has 28 heavy (non-hydrogen) atoms. The van der Waals surface area contributed by atoms with Crippen molar-refractivity contribution in [1.29, 1.82) is 0 Å². The van der Waals surface area contributed by atoms with Gasteiger partial charge in [0, 0.05) is 61.9 Å². The van der Waals surface area contributed by atoms with E-state index in [1.807, 2.05) is 0 Å². The number of nitrogens with zero attached hydrogens (tertiary/aromatic N) is 1. The number of aromatic amines is 3. The number of nitrogens with one attached hydrogen (secondary N) is 3. The second kappa shape index (κ2) is 6.13. The van der Waals surface area contributed by atoms with Crippen molar-refractivity contribution < 1.29 is 0 Å². The van der Waals surface area contributed by atoms with Crippen LogP contribution in [0.3, 0.4) is 0 Å². The first-order valence-electron chi connectivity index (χ1n) is 9.70. The van der Waals surface area contributed by atoms with Crippen LogP contribution in [0.15, 0.2) is 47.5 Å². The molecule has 0 amide bonds. The van der Waals surface area contributed by atoms with Crippen LogP contribution in [0.4, 0.5) is 5.69 Å². The molecular weight excluding hydrogens is 344 g/mol. The van der Waals surface area contributed by atoms with Crippen molar-refractivity contribution >= 4 is 44.1 Å². The van der Waals surface area contributed by atoms with Gasteiger partial charge in [-0.25, -0.2) is 0 Å². The van der Waals surface area contributed by atoms with Crippen LogP contribution < -0.4 is 0 Å². The molecule has 0 spiro atoms. The molecule has 0 aliphatic carbocycles. The topological polar surface area (TPSA) is 59.7 Å². The molecule has 2 aromatic carbocycles. The van der Waals surface area contributed by atoms with Crippen molar-refractivity contribution in [1.82, 2.24) is 15.0 Å². The van der Waals surface area contributed by atoms with E-state index in [2.05, 4.69) is 90.1 Å². The number of H-pyrrole nitrogens is 3. The number of benzene rings is 2. The third-order valence-corrected chi connectivity index (χ3v) is 5.34. The summed E-state index contributed by atoms with van der Waals surface area (Å²) in [7, 11) is 0. The van der Waals surface area contributed by atoms with E-state index >= 15 is 0 Å². The molecule has 0 atom stereocenters. The second-order valence-corrected chi connectivity index (χ2v) is 7.98. The molecule has 6 rings (SSSR count). The minimum Gasteiger partial charge on any atom is -0.359 e. The summed E-state index contributed by atoms with van der Waals surface area (Å²) in [5, 5.41) is 3.85. The molecule has 140 valence electrons. The molecule has 0 bridgehead atoms. The molecule has 0 saturated carbocycles. The number of rotatable bonds is 0. The zero-order chi connectivity index (χ0) is 19.4. The summed E-state index contributed by atoms with van der Waals surface area (Å²) in [5.74, 6) is 0. The van der Waals surface area contributed by atoms with Crippen LogP contribution >= 0.6 is 0 Å². The summed E-state index contributed by atoms with van der Waals surface area (Å²) in [4.78, 5) is 14.5. The summed E-state index contributed by atoms with van der Waals surface area (Å²) in [5.41, 5.74) is 11.0. The van der Waals surface area contributed by atoms with Crippen molar-refractivity contribution in [3.8, 4) is 0 Å². The maximum Gasteiger partial charge on any atom is 0.0685 e. The van der Waals surface area contributed by atoms with E-state index in [-0.39, 0.29) is 0 Å². The smallest absolute Gasteiger partial charge is 0.0685 e. The van der Waals surface area contributed by atoms with E-state index < -0.39 is 0 Å². The SMILES string of the molecule is CC1=Nc2cc3[nH]c(C)cc3cc2C1.Cc1cc2cc3[nH]c(C)cc3cc2[nH]1. The van der Waals surface area contributed by atoms with Gasteiger partial charge in [-0.3, -0.25) is 4.99 Å². The highest BCUT2D eigenvalue weighted by atomic mass is 14.8. The van der Waals surface area contributed by atoms with Gasteiger partial charge in [0.1, 0.15) is 0 Å². The zero-order valence-corrected chi connectivity index (χ0v) is 16.7. The molecule has 0 saturated heterocycles. The summed E-state index contributed by atoms with van der Waals surface area (Å²) >= 11 is 0. The van der Waals surface area contributed by atoms with Crippen LogP contribution in [-0.2, 0) is 6.42 Å². The minimum atomic E-state index is 1.01. The summed E-state index contributed by atoms with van der Waals surface area (Å²) in [6, 6.07) is 15.3. The van der Waals surface area contributed by atoms with Gasteiger partial charge in [-0.15, -0.1) is 0 Å². The number of hydrogen-bond acceptors (Lipinski definition) is 1. The Morgan fingerprint density at radius 3 is 1.61 bits per heavy atom. The fraction of sp³-hybridized carbons (Fsp3) is 0.208. The largest absolute Gasteiger partial charge is 0.359 e. The van der Waals surface area contributed by atoms with Crippen LogP contribution in [0.25, 0.3) is 32.7 Å². The Labute approximate surface area is 163 Å². The molecule has 0 radical (unpaired) electrons. The first-order valence-corrected chi connectivity index (χ1v) is 9.70. The summed E-state index contributed by atoms with van der Waals surface area (Å²) in [6.07, 6.45) is 1.01. The number of aryl methyl sites for hydroxylation is 3. The summed E-state index contributed by atoms with van der Waals surface area (Å²) < 4.78 is 0. The Bertz CT molecular complexity index is 1270. The number of fused-ring (bicyclic) bond motifs is 4. The molecule has 5 aromatic rings. The average molecular weight is 368 g/mol. The normalized spacial score (nSPS) is 13.1. The molecule has 4 heteroatoms. The molecule has 1 aliphatic rings. The summed E-state index contributed by atoms with van der Waals surface area (Å²) in [6.45, 7) is 8.33. The van der Waals surface area contributed by atoms with Crippen LogP contribution in [-0.4, -0.2) is 20.7 Å². The predicted octanol–water partition coefficient (Wildman–Crippen LogP) is 6.39. The van der Waals surface area contributed by atoms with Crippen molar-refractivity contribution in [3.63, 3.8) is 0 Å². The maximum absolute atomic E-state index is 4.51. The van der Waals surface area contributed by atoms with Crippen molar-refractivity contribution in [2.24, 2.45) is 4.99 Å². The zero-order valence-electron chi connectivity index (χ0n) is 16.7. The van der Waals surface area contributed by atoms with Crippen LogP contribution in [0.2, 0.25) is 0 Å². The molecule has 3 N–H and O–H groups in total. The lowest BCUT2D eigenvalue weighted by molar-refractivity contribution is 1.30. The fourth-order valence-corrected chi connectivity index (χ4v) is 4.18. The monoisotopic (exact) mass is 368 g/mol. The van der Waals surface area contributed by atoms with E-state index in [0.29, 0.717) is 0 Å². The molecule has 4 nitrogen and oxygen atoms in total.